The molecule has 0 aliphatic heterocycles. The normalized spacial score (nSPS) is 13.2. The highest BCUT2D eigenvalue weighted by molar-refractivity contribution is 7.14. The minimum absolute atomic E-state index is 0.0400. The maximum Gasteiger partial charge on any atom is 0.190 e. The molecule has 2 heterocycles. The van der Waals surface area contributed by atoms with E-state index >= 15 is 0 Å². The Labute approximate surface area is 204 Å². The second-order valence-electron chi connectivity index (χ2n) is 10.6. The van der Waals surface area contributed by atoms with Gasteiger partial charge in [-0.05, 0) is 67.3 Å². The van der Waals surface area contributed by atoms with Gasteiger partial charge in [-0.3, -0.25) is 4.98 Å². The van der Waals surface area contributed by atoms with Crippen molar-refractivity contribution in [2.75, 3.05) is 4.90 Å². The standard InChI is InChI=1S/C28H40N4S/c1-17(2)21-13-23(18(3)4)26(24(14-21)19(5)6)25-16-33-27(31-25)32(20(7)28(8,9)29)22-11-10-12-30-15-22/h10-20H,29H2,1-9H3. The van der Waals surface area contributed by atoms with E-state index in [1.54, 1.807) is 17.5 Å². The van der Waals surface area contributed by atoms with Gasteiger partial charge in [0.1, 0.15) is 0 Å². The lowest BCUT2D eigenvalue weighted by Crippen LogP contribution is -2.51. The summed E-state index contributed by atoms with van der Waals surface area (Å²) in [6, 6.07) is 8.86. The minimum Gasteiger partial charge on any atom is -0.324 e. The van der Waals surface area contributed by atoms with Gasteiger partial charge in [0.2, 0.25) is 0 Å². The number of thiazole rings is 1. The van der Waals surface area contributed by atoms with E-state index in [0.29, 0.717) is 17.8 Å². The zero-order chi connectivity index (χ0) is 24.5. The number of pyridine rings is 1. The predicted octanol–water partition coefficient (Wildman–Crippen LogP) is 7.84. The van der Waals surface area contributed by atoms with Crippen LogP contribution in [0, 0.1) is 0 Å². The maximum absolute atomic E-state index is 6.56. The SMILES string of the molecule is CC(C)c1cc(C(C)C)c(-c2csc(N(c3cccnc3)C(C)C(C)(C)N)n2)c(C(C)C)c1. The van der Waals surface area contributed by atoms with Gasteiger partial charge in [0.25, 0.3) is 0 Å². The quantitative estimate of drug-likeness (QED) is 0.369. The maximum atomic E-state index is 6.56. The van der Waals surface area contributed by atoms with Crippen LogP contribution >= 0.6 is 11.3 Å². The van der Waals surface area contributed by atoms with Crippen molar-refractivity contribution in [2.24, 2.45) is 5.73 Å². The van der Waals surface area contributed by atoms with Gasteiger partial charge >= 0.3 is 0 Å². The van der Waals surface area contributed by atoms with Gasteiger partial charge in [0.15, 0.2) is 5.13 Å². The van der Waals surface area contributed by atoms with E-state index < -0.39 is 5.54 Å². The first-order valence-electron chi connectivity index (χ1n) is 12.0. The highest BCUT2D eigenvalue weighted by Crippen LogP contribution is 2.41. The fourth-order valence-electron chi connectivity index (χ4n) is 4.07. The molecule has 0 bridgehead atoms. The Hall–Kier alpha value is -2.24. The summed E-state index contributed by atoms with van der Waals surface area (Å²) >= 11 is 1.67. The van der Waals surface area contributed by atoms with Crippen LogP contribution in [0.25, 0.3) is 11.3 Å². The van der Waals surface area contributed by atoms with Crippen LogP contribution in [0.4, 0.5) is 10.8 Å². The Morgan fingerprint density at radius 1 is 0.939 bits per heavy atom. The van der Waals surface area contributed by atoms with Crippen molar-refractivity contribution in [3.05, 3.63) is 58.7 Å². The van der Waals surface area contributed by atoms with Gasteiger partial charge in [-0.1, -0.05) is 53.7 Å². The molecule has 0 radical (unpaired) electrons. The van der Waals surface area contributed by atoms with E-state index in [0.717, 1.165) is 16.5 Å². The number of aromatic nitrogens is 2. The number of benzene rings is 1. The second-order valence-corrected chi connectivity index (χ2v) is 11.5. The third-order valence-electron chi connectivity index (χ3n) is 6.47. The molecule has 0 amide bonds. The van der Waals surface area contributed by atoms with Crippen LogP contribution in [-0.4, -0.2) is 21.5 Å². The molecule has 0 aliphatic carbocycles. The van der Waals surface area contributed by atoms with Crippen LogP contribution in [0.1, 0.15) is 96.8 Å². The fourth-order valence-corrected chi connectivity index (χ4v) is 4.99. The zero-order valence-corrected chi connectivity index (χ0v) is 22.5. The van der Waals surface area contributed by atoms with E-state index in [1.807, 2.05) is 12.3 Å². The third-order valence-corrected chi connectivity index (χ3v) is 7.31. The molecule has 1 unspecified atom stereocenters. The summed E-state index contributed by atoms with van der Waals surface area (Å²) < 4.78 is 0. The molecule has 2 N–H and O–H groups in total. The lowest BCUT2D eigenvalue weighted by Gasteiger charge is -2.37. The van der Waals surface area contributed by atoms with Crippen molar-refractivity contribution in [3.8, 4) is 11.3 Å². The zero-order valence-electron chi connectivity index (χ0n) is 21.7. The average molecular weight is 465 g/mol. The molecule has 1 atom stereocenters. The molecule has 178 valence electrons. The van der Waals surface area contributed by atoms with Gasteiger partial charge in [0.05, 0.1) is 23.6 Å². The highest BCUT2D eigenvalue weighted by atomic mass is 32.1. The molecule has 5 heteroatoms. The number of hydrogen-bond donors (Lipinski definition) is 1. The number of rotatable bonds is 8. The summed E-state index contributed by atoms with van der Waals surface area (Å²) in [5, 5.41) is 3.15. The lowest BCUT2D eigenvalue weighted by atomic mass is 9.83. The van der Waals surface area contributed by atoms with Gasteiger partial charge in [-0.15, -0.1) is 11.3 Å². The van der Waals surface area contributed by atoms with E-state index in [-0.39, 0.29) is 6.04 Å². The Balaban J connectivity index is 2.20. The molecule has 1 aromatic carbocycles. The summed E-state index contributed by atoms with van der Waals surface area (Å²) in [5.74, 6) is 1.32. The van der Waals surface area contributed by atoms with E-state index in [1.165, 1.54) is 22.3 Å². The topological polar surface area (TPSA) is 55.0 Å². The first kappa shape index (κ1) is 25.4. The summed E-state index contributed by atoms with van der Waals surface area (Å²) in [4.78, 5) is 11.8. The van der Waals surface area contributed by atoms with Gasteiger partial charge in [0, 0.05) is 22.7 Å². The summed E-state index contributed by atoms with van der Waals surface area (Å²) in [6.45, 7) is 19.9. The Morgan fingerprint density at radius 3 is 2.00 bits per heavy atom. The molecule has 4 nitrogen and oxygen atoms in total. The molecule has 0 fully saturated rings. The van der Waals surface area contributed by atoms with Gasteiger partial charge < -0.3 is 10.6 Å². The van der Waals surface area contributed by atoms with Crippen molar-refractivity contribution in [3.63, 3.8) is 0 Å². The van der Waals surface area contributed by atoms with E-state index in [2.05, 4.69) is 95.8 Å². The first-order chi connectivity index (χ1) is 15.4. The van der Waals surface area contributed by atoms with Crippen LogP contribution in [-0.2, 0) is 0 Å². The molecule has 0 aliphatic rings. The number of anilines is 2. The minimum atomic E-state index is -0.410. The van der Waals surface area contributed by atoms with E-state index in [9.17, 15) is 0 Å². The van der Waals surface area contributed by atoms with Crippen LogP contribution in [0.3, 0.4) is 0 Å². The van der Waals surface area contributed by atoms with Crippen LogP contribution in [0.2, 0.25) is 0 Å². The molecular weight excluding hydrogens is 424 g/mol. The molecule has 3 rings (SSSR count). The summed E-state index contributed by atoms with van der Waals surface area (Å²) in [7, 11) is 0. The predicted molar refractivity (Wildman–Crippen MR) is 144 cm³/mol. The molecule has 0 saturated heterocycles. The van der Waals surface area contributed by atoms with Crippen LogP contribution in [0.5, 0.6) is 0 Å². The van der Waals surface area contributed by atoms with E-state index in [4.69, 9.17) is 10.7 Å². The molecule has 0 saturated carbocycles. The summed E-state index contributed by atoms with van der Waals surface area (Å²) in [6.07, 6.45) is 3.69. The van der Waals surface area contributed by atoms with Gasteiger partial charge in [-0.25, -0.2) is 4.98 Å². The largest absolute Gasteiger partial charge is 0.324 e. The molecule has 0 spiro atoms. The molecule has 3 aromatic rings. The number of nitrogens with zero attached hydrogens (tertiary/aromatic N) is 3. The fraction of sp³-hybridized carbons (Fsp3) is 0.500. The van der Waals surface area contributed by atoms with Crippen molar-refractivity contribution < 1.29 is 0 Å². The van der Waals surface area contributed by atoms with Crippen molar-refractivity contribution in [1.82, 2.24) is 9.97 Å². The summed E-state index contributed by atoms with van der Waals surface area (Å²) in [5.41, 5.74) is 13.6. The number of nitrogens with two attached hydrogens (primary N) is 1. The average Bonchev–Trinajstić information content (AvgIpc) is 3.22. The lowest BCUT2D eigenvalue weighted by molar-refractivity contribution is 0.427. The Kier molecular flexibility index (Phi) is 7.65. The number of hydrogen-bond acceptors (Lipinski definition) is 5. The van der Waals surface area contributed by atoms with Gasteiger partial charge in [-0.2, -0.15) is 0 Å². The second kappa shape index (κ2) is 9.94. The Bertz CT molecular complexity index is 1030. The molecular formula is C28H40N4S. The highest BCUT2D eigenvalue weighted by Gasteiger charge is 2.31. The first-order valence-corrected chi connectivity index (χ1v) is 12.9. The van der Waals surface area contributed by atoms with Crippen molar-refractivity contribution in [2.45, 2.75) is 91.6 Å². The van der Waals surface area contributed by atoms with Crippen molar-refractivity contribution >= 4 is 22.2 Å². The smallest absolute Gasteiger partial charge is 0.190 e. The Morgan fingerprint density at radius 2 is 1.55 bits per heavy atom. The third kappa shape index (κ3) is 5.47. The molecule has 2 aromatic heterocycles. The van der Waals surface area contributed by atoms with Crippen molar-refractivity contribution in [1.29, 1.82) is 0 Å². The monoisotopic (exact) mass is 464 g/mol. The van der Waals surface area contributed by atoms with Crippen LogP contribution in [0.15, 0.2) is 42.0 Å². The van der Waals surface area contributed by atoms with Crippen LogP contribution < -0.4 is 10.6 Å². The molecule has 33 heavy (non-hydrogen) atoms.